The van der Waals surface area contributed by atoms with Crippen molar-refractivity contribution in [2.24, 2.45) is 5.10 Å². The molecule has 0 unspecified atom stereocenters. The second-order valence-corrected chi connectivity index (χ2v) is 8.78. The molecule has 4 aromatic rings. The van der Waals surface area contributed by atoms with Crippen molar-refractivity contribution >= 4 is 50.4 Å². The molecule has 182 valence electrons. The number of halogens is 1. The van der Waals surface area contributed by atoms with Crippen LogP contribution in [-0.4, -0.2) is 25.1 Å². The van der Waals surface area contributed by atoms with Gasteiger partial charge in [0.2, 0.25) is 11.8 Å². The van der Waals surface area contributed by atoms with Gasteiger partial charge in [0.1, 0.15) is 24.5 Å². The molecular weight excluding hydrogens is 522 g/mol. The van der Waals surface area contributed by atoms with Crippen LogP contribution in [0.2, 0.25) is 0 Å². The lowest BCUT2D eigenvalue weighted by Crippen LogP contribution is -2.24. The van der Waals surface area contributed by atoms with E-state index >= 15 is 0 Å². The number of nitrogens with one attached hydrogen (secondary N) is 2. The summed E-state index contributed by atoms with van der Waals surface area (Å²) < 4.78 is 12.2. The van der Waals surface area contributed by atoms with Gasteiger partial charge < -0.3 is 14.8 Å². The molecule has 0 aliphatic heterocycles. The van der Waals surface area contributed by atoms with Gasteiger partial charge in [-0.15, -0.1) is 0 Å². The Balaban J connectivity index is 1.43. The third-order valence-corrected chi connectivity index (χ3v) is 5.82. The van der Waals surface area contributed by atoms with Crippen LogP contribution in [-0.2, 0) is 16.2 Å². The average Bonchev–Trinajstić information content (AvgIpc) is 2.89. The van der Waals surface area contributed by atoms with E-state index in [9.17, 15) is 9.59 Å². The summed E-state index contributed by atoms with van der Waals surface area (Å²) in [7, 11) is 1.54. The molecule has 0 aliphatic rings. The van der Waals surface area contributed by atoms with Crippen LogP contribution in [0.3, 0.4) is 0 Å². The van der Waals surface area contributed by atoms with E-state index in [1.54, 1.807) is 31.4 Å². The largest absolute Gasteiger partial charge is 0.497 e. The predicted molar refractivity (Wildman–Crippen MR) is 144 cm³/mol. The van der Waals surface area contributed by atoms with E-state index in [4.69, 9.17) is 9.47 Å². The maximum atomic E-state index is 12.3. The molecule has 0 heterocycles. The van der Waals surface area contributed by atoms with Crippen molar-refractivity contribution in [3.63, 3.8) is 0 Å². The van der Waals surface area contributed by atoms with Crippen LogP contribution in [0.4, 0.5) is 5.69 Å². The fraction of sp³-hybridized carbons (Fsp3) is 0.107. The molecule has 0 spiro atoms. The zero-order chi connectivity index (χ0) is 25.3. The number of nitrogens with zero attached hydrogens (tertiary/aromatic N) is 1. The Hall–Kier alpha value is -4.17. The summed E-state index contributed by atoms with van der Waals surface area (Å²) >= 11 is 3.43. The second-order valence-electron chi connectivity index (χ2n) is 7.86. The maximum Gasteiger partial charge on any atom is 0.249 e. The Labute approximate surface area is 217 Å². The Morgan fingerprint density at radius 1 is 0.944 bits per heavy atom. The second kappa shape index (κ2) is 12.0. The lowest BCUT2D eigenvalue weighted by atomic mass is 10.0. The van der Waals surface area contributed by atoms with Gasteiger partial charge in [0.15, 0.2) is 0 Å². The number of hydrazone groups is 1. The Morgan fingerprint density at radius 2 is 1.75 bits per heavy atom. The number of carbonyl (C=O) groups is 2. The first-order valence-corrected chi connectivity index (χ1v) is 12.0. The van der Waals surface area contributed by atoms with Crippen LogP contribution >= 0.6 is 15.9 Å². The molecule has 4 rings (SSSR count). The van der Waals surface area contributed by atoms with Crippen LogP contribution in [0.5, 0.6) is 11.5 Å². The first-order chi connectivity index (χ1) is 17.5. The number of hydrogen-bond acceptors (Lipinski definition) is 5. The molecule has 2 amide bonds. The van der Waals surface area contributed by atoms with E-state index in [0.29, 0.717) is 23.8 Å². The van der Waals surface area contributed by atoms with Crippen molar-refractivity contribution in [3.8, 4) is 11.5 Å². The number of hydrogen-bond donors (Lipinski definition) is 2. The molecule has 0 atom stereocenters. The molecule has 0 saturated carbocycles. The number of benzene rings is 4. The topological polar surface area (TPSA) is 89.0 Å². The third-order valence-electron chi connectivity index (χ3n) is 5.30. The van der Waals surface area contributed by atoms with Gasteiger partial charge in [0.05, 0.1) is 13.3 Å². The number of rotatable bonds is 9. The molecule has 7 nitrogen and oxygen atoms in total. The first-order valence-electron chi connectivity index (χ1n) is 11.2. The quantitative estimate of drug-likeness (QED) is 0.161. The number of ether oxygens (including phenoxy) is 2. The summed E-state index contributed by atoms with van der Waals surface area (Å²) in [5.41, 5.74) is 4.71. The van der Waals surface area contributed by atoms with Crippen LogP contribution in [0, 0.1) is 0 Å². The zero-order valence-corrected chi connectivity index (χ0v) is 21.1. The maximum absolute atomic E-state index is 12.3. The van der Waals surface area contributed by atoms with Crippen molar-refractivity contribution in [1.29, 1.82) is 0 Å². The molecule has 0 bridgehead atoms. The van der Waals surface area contributed by atoms with Gasteiger partial charge in [-0.3, -0.25) is 9.59 Å². The highest BCUT2D eigenvalue weighted by molar-refractivity contribution is 9.10. The average molecular weight is 546 g/mol. The van der Waals surface area contributed by atoms with E-state index in [0.717, 1.165) is 26.4 Å². The highest BCUT2D eigenvalue weighted by atomic mass is 79.9. The molecule has 0 aromatic heterocycles. The molecule has 36 heavy (non-hydrogen) atoms. The number of fused-ring (bicyclic) bond motifs is 1. The lowest BCUT2D eigenvalue weighted by molar-refractivity contribution is -0.126. The van der Waals surface area contributed by atoms with Crippen LogP contribution in [0.25, 0.3) is 10.8 Å². The Morgan fingerprint density at radius 3 is 2.56 bits per heavy atom. The number of methoxy groups -OCH3 is 1. The molecule has 0 fully saturated rings. The summed E-state index contributed by atoms with van der Waals surface area (Å²) in [6, 6.07) is 26.5. The fourth-order valence-corrected chi connectivity index (χ4v) is 3.80. The van der Waals surface area contributed by atoms with Crippen LogP contribution in [0.1, 0.15) is 17.5 Å². The van der Waals surface area contributed by atoms with Crippen molar-refractivity contribution in [2.75, 3.05) is 12.4 Å². The Bertz CT molecular complexity index is 1400. The van der Waals surface area contributed by atoms with Crippen LogP contribution in [0.15, 0.2) is 94.5 Å². The fourth-order valence-electron chi connectivity index (χ4n) is 3.54. The minimum atomic E-state index is -0.538. The molecule has 0 aliphatic carbocycles. The van der Waals surface area contributed by atoms with E-state index in [-0.39, 0.29) is 6.42 Å². The highest BCUT2D eigenvalue weighted by Crippen LogP contribution is 2.27. The molecule has 0 radical (unpaired) electrons. The van der Waals surface area contributed by atoms with Crippen molar-refractivity contribution < 1.29 is 19.1 Å². The minimum absolute atomic E-state index is 0.378. The third kappa shape index (κ3) is 6.70. The predicted octanol–water partition coefficient (Wildman–Crippen LogP) is 5.67. The summed E-state index contributed by atoms with van der Waals surface area (Å²) in [5, 5.41) is 8.71. The van der Waals surface area contributed by atoms with Gasteiger partial charge in [0.25, 0.3) is 0 Å². The molecule has 8 heteroatoms. The van der Waals surface area contributed by atoms with Gasteiger partial charge >= 0.3 is 0 Å². The SMILES string of the molecule is COc1cccc(NC(=O)CC(=O)NN=Cc2c(OCc3ccc(Br)cc3)ccc3ccccc23)c1. The van der Waals surface area contributed by atoms with E-state index in [2.05, 4.69) is 31.8 Å². The number of anilines is 1. The highest BCUT2D eigenvalue weighted by Gasteiger charge is 2.11. The van der Waals surface area contributed by atoms with Gasteiger partial charge in [0, 0.05) is 21.8 Å². The van der Waals surface area contributed by atoms with Gasteiger partial charge in [-0.05, 0) is 46.7 Å². The van der Waals surface area contributed by atoms with E-state index < -0.39 is 11.8 Å². The van der Waals surface area contributed by atoms with Crippen molar-refractivity contribution in [1.82, 2.24) is 5.43 Å². The van der Waals surface area contributed by atoms with Gasteiger partial charge in [-0.2, -0.15) is 5.10 Å². The number of amides is 2. The monoisotopic (exact) mass is 545 g/mol. The zero-order valence-electron chi connectivity index (χ0n) is 19.5. The smallest absolute Gasteiger partial charge is 0.249 e. The normalized spacial score (nSPS) is 10.8. The molecule has 0 saturated heterocycles. The summed E-state index contributed by atoms with van der Waals surface area (Å²) in [5.74, 6) is 0.240. The standard InChI is InChI=1S/C28H24BrN3O4/c1-35-23-7-4-6-22(15-23)31-27(33)16-28(34)32-30-17-25-24-8-3-2-5-20(24)11-14-26(25)36-18-19-9-12-21(29)13-10-19/h2-15,17H,16,18H2,1H3,(H,31,33)(H,32,34). The van der Waals surface area contributed by atoms with Crippen LogP contribution < -0.4 is 20.2 Å². The van der Waals surface area contributed by atoms with Gasteiger partial charge in [-0.1, -0.05) is 64.5 Å². The van der Waals surface area contributed by atoms with Crippen molar-refractivity contribution in [2.45, 2.75) is 13.0 Å². The molecule has 4 aromatic carbocycles. The lowest BCUT2D eigenvalue weighted by Gasteiger charge is -2.12. The van der Waals surface area contributed by atoms with E-state index in [1.165, 1.54) is 6.21 Å². The van der Waals surface area contributed by atoms with Crippen molar-refractivity contribution in [3.05, 3.63) is 101 Å². The summed E-state index contributed by atoms with van der Waals surface area (Å²) in [6.07, 6.45) is 1.16. The Kier molecular flexibility index (Phi) is 8.31. The van der Waals surface area contributed by atoms with E-state index in [1.807, 2.05) is 60.7 Å². The summed E-state index contributed by atoms with van der Waals surface area (Å²) in [4.78, 5) is 24.5. The first kappa shape index (κ1) is 24.9. The summed E-state index contributed by atoms with van der Waals surface area (Å²) in [6.45, 7) is 0.378. The van der Waals surface area contributed by atoms with Gasteiger partial charge in [-0.25, -0.2) is 5.43 Å². The minimum Gasteiger partial charge on any atom is -0.497 e. The number of carbonyl (C=O) groups excluding carboxylic acids is 2. The molecule has 2 N–H and O–H groups in total. The molecular formula is C28H24BrN3O4.